The van der Waals surface area contributed by atoms with Crippen molar-refractivity contribution in [2.45, 2.75) is 109 Å². The number of quaternary nitrogens is 2. The maximum atomic E-state index is 10.7. The molecular weight excluding hydrogens is 346 g/mol. The van der Waals surface area contributed by atoms with Crippen molar-refractivity contribution in [3.8, 4) is 0 Å². The highest BCUT2D eigenvalue weighted by Crippen LogP contribution is 2.12. The molecular formula is C20H45N3O4. The van der Waals surface area contributed by atoms with Crippen molar-refractivity contribution in [2.24, 2.45) is 0 Å². The lowest BCUT2D eigenvalue weighted by Gasteiger charge is -2.20. The first-order chi connectivity index (χ1) is 12.1. The van der Waals surface area contributed by atoms with E-state index in [0.29, 0.717) is 6.54 Å². The quantitative estimate of drug-likeness (QED) is 0.287. The first-order valence-corrected chi connectivity index (χ1v) is 10.2. The number of rotatable bonds is 19. The van der Waals surface area contributed by atoms with E-state index in [-0.39, 0.29) is 12.3 Å². The molecule has 0 saturated heterocycles. The van der Waals surface area contributed by atoms with Crippen molar-refractivity contribution < 1.29 is 19.8 Å². The summed E-state index contributed by atoms with van der Waals surface area (Å²) in [5.74, 6) is -2.75. The van der Waals surface area contributed by atoms with E-state index in [9.17, 15) is 19.8 Å². The zero-order valence-electron chi connectivity index (χ0n) is 18.0. The molecule has 0 spiro atoms. The van der Waals surface area contributed by atoms with Crippen LogP contribution in [0.25, 0.3) is 0 Å². The van der Waals surface area contributed by atoms with E-state index in [4.69, 9.17) is 0 Å². The zero-order valence-corrected chi connectivity index (χ0v) is 18.0. The lowest BCUT2D eigenvalue weighted by Crippen LogP contribution is -2.48. The van der Waals surface area contributed by atoms with Crippen molar-refractivity contribution in [1.29, 1.82) is 0 Å². The van der Waals surface area contributed by atoms with E-state index in [1.807, 2.05) is 0 Å². The van der Waals surface area contributed by atoms with Gasteiger partial charge >= 0.3 is 0 Å². The first-order valence-electron chi connectivity index (χ1n) is 10.2. The van der Waals surface area contributed by atoms with Gasteiger partial charge in [0.15, 0.2) is 0 Å². The molecule has 7 heteroatoms. The standard InChI is InChI=1S/C20H39NO4.2H3N/c1-2-3-4-5-6-7-8-9-10-11-12-13-14-15-16-21-18(20(24)25)17-19(22)23;;/h18,21H,2-17H2,1H3,(H,22,23)(H,24,25);2*1H3/t18-;;/m0../s1. The van der Waals surface area contributed by atoms with E-state index >= 15 is 0 Å². The second-order valence-corrected chi connectivity index (χ2v) is 7.00. The number of hydrogen-bond donors (Lipinski definition) is 3. The molecule has 0 aromatic rings. The maximum absolute atomic E-state index is 10.7. The summed E-state index contributed by atoms with van der Waals surface area (Å²) in [6.45, 7) is 2.75. The molecule has 0 aromatic carbocycles. The Morgan fingerprint density at radius 1 is 0.704 bits per heavy atom. The molecule has 0 amide bonds. The molecule has 0 aliphatic rings. The highest BCUT2D eigenvalue weighted by atomic mass is 16.4. The minimum Gasteiger partial charge on any atom is -0.550 e. The smallest absolute Gasteiger partial charge is 0.0588 e. The van der Waals surface area contributed by atoms with Crippen molar-refractivity contribution in [2.75, 3.05) is 6.54 Å². The van der Waals surface area contributed by atoms with E-state index in [1.165, 1.54) is 70.6 Å². The van der Waals surface area contributed by atoms with Crippen molar-refractivity contribution in [1.82, 2.24) is 17.6 Å². The molecule has 1 atom stereocenters. The molecule has 0 fully saturated rings. The minimum atomic E-state index is -1.38. The van der Waals surface area contributed by atoms with Crippen LogP contribution in [0.15, 0.2) is 0 Å². The third-order valence-corrected chi connectivity index (χ3v) is 4.58. The normalized spacial score (nSPS) is 11.3. The number of nitrogens with one attached hydrogen (secondary N) is 1. The monoisotopic (exact) mass is 391 g/mol. The summed E-state index contributed by atoms with van der Waals surface area (Å²) in [5.41, 5.74) is 0. The van der Waals surface area contributed by atoms with Crippen molar-refractivity contribution >= 4 is 11.9 Å². The Morgan fingerprint density at radius 3 is 1.41 bits per heavy atom. The van der Waals surface area contributed by atoms with Crippen LogP contribution in [0.1, 0.15) is 103 Å². The van der Waals surface area contributed by atoms with Crippen LogP contribution in [-0.4, -0.2) is 24.5 Å². The minimum absolute atomic E-state index is 0. The second-order valence-electron chi connectivity index (χ2n) is 7.00. The van der Waals surface area contributed by atoms with Crippen LogP contribution < -0.4 is 27.8 Å². The van der Waals surface area contributed by atoms with Crippen LogP contribution >= 0.6 is 0 Å². The molecule has 164 valence electrons. The van der Waals surface area contributed by atoms with Gasteiger partial charge in [-0.2, -0.15) is 0 Å². The molecule has 0 aromatic heterocycles. The van der Waals surface area contributed by atoms with Gasteiger partial charge in [-0.1, -0.05) is 90.4 Å². The number of aliphatic carboxylic acids is 2. The van der Waals surface area contributed by atoms with Crippen LogP contribution in [0.4, 0.5) is 0 Å². The van der Waals surface area contributed by atoms with Gasteiger partial charge in [-0.15, -0.1) is 0 Å². The van der Waals surface area contributed by atoms with Gasteiger partial charge in [-0.25, -0.2) is 0 Å². The highest BCUT2D eigenvalue weighted by molar-refractivity contribution is 5.78. The average molecular weight is 392 g/mol. The van der Waals surface area contributed by atoms with Gasteiger partial charge in [-0.3, -0.25) is 0 Å². The Kier molecular flexibility index (Phi) is 25.9. The summed E-state index contributed by atoms with van der Waals surface area (Å²) in [6, 6.07) is -1.15. The van der Waals surface area contributed by atoms with Gasteiger partial charge < -0.3 is 37.4 Å². The fourth-order valence-corrected chi connectivity index (χ4v) is 3.00. The van der Waals surface area contributed by atoms with Crippen LogP contribution in [0.2, 0.25) is 0 Å². The average Bonchev–Trinajstić information content (AvgIpc) is 2.56. The van der Waals surface area contributed by atoms with E-state index < -0.39 is 24.4 Å². The summed E-state index contributed by atoms with van der Waals surface area (Å²) in [4.78, 5) is 21.2. The fourth-order valence-electron chi connectivity index (χ4n) is 3.00. The Morgan fingerprint density at radius 2 is 1.07 bits per heavy atom. The number of carboxylic acid groups (broad SMARTS) is 2. The molecule has 0 bridgehead atoms. The number of carboxylic acids is 2. The number of hydrogen-bond acceptors (Lipinski definition) is 5. The van der Waals surface area contributed by atoms with E-state index in [0.717, 1.165) is 19.3 Å². The van der Waals surface area contributed by atoms with Gasteiger partial charge in [0.25, 0.3) is 0 Å². The Labute approximate surface area is 165 Å². The lowest BCUT2D eigenvalue weighted by atomic mass is 10.0. The number of unbranched alkanes of at least 4 members (excludes halogenated alkanes) is 13. The summed E-state index contributed by atoms with van der Waals surface area (Å²) in [7, 11) is 0. The molecule has 0 unspecified atom stereocenters. The molecule has 7 nitrogen and oxygen atoms in total. The molecule has 0 heterocycles. The van der Waals surface area contributed by atoms with Gasteiger partial charge in [0, 0.05) is 12.4 Å². The third kappa shape index (κ3) is 22.8. The summed E-state index contributed by atoms with van der Waals surface area (Å²) >= 11 is 0. The second kappa shape index (κ2) is 22.9. The summed E-state index contributed by atoms with van der Waals surface area (Å²) in [5, 5.41) is 23.9. The predicted molar refractivity (Wildman–Crippen MR) is 109 cm³/mol. The van der Waals surface area contributed by atoms with Crippen molar-refractivity contribution in [3.05, 3.63) is 0 Å². The first kappa shape index (κ1) is 30.5. The third-order valence-electron chi connectivity index (χ3n) is 4.58. The summed E-state index contributed by atoms with van der Waals surface area (Å²) < 4.78 is 0. The largest absolute Gasteiger partial charge is 0.550 e. The zero-order chi connectivity index (χ0) is 18.8. The van der Waals surface area contributed by atoms with Gasteiger partial charge in [0.05, 0.1) is 12.0 Å². The molecule has 0 rings (SSSR count). The lowest BCUT2D eigenvalue weighted by molar-refractivity contribution is -0.317. The van der Waals surface area contributed by atoms with Crippen LogP contribution in [-0.2, 0) is 9.59 Å². The predicted octanol–water partition coefficient (Wildman–Crippen LogP) is 3.07. The van der Waals surface area contributed by atoms with Gasteiger partial charge in [0.2, 0.25) is 0 Å². The topological polar surface area (TPSA) is 165 Å². The van der Waals surface area contributed by atoms with Crippen LogP contribution in [0.5, 0.6) is 0 Å². The SMILES string of the molecule is CCCCCCCCCCCCCCCCN[C@@H](CC(=O)[O-])C(=O)[O-].[NH4+].[NH4+]. The molecule has 0 radical (unpaired) electrons. The van der Waals surface area contributed by atoms with Gasteiger partial charge in [0.1, 0.15) is 0 Å². The van der Waals surface area contributed by atoms with Gasteiger partial charge in [-0.05, 0) is 13.0 Å². The molecule has 9 N–H and O–H groups in total. The maximum Gasteiger partial charge on any atom is 0.0588 e. The molecule has 27 heavy (non-hydrogen) atoms. The molecule has 0 aliphatic heterocycles. The Balaban J connectivity index is -0.00000288. The number of carbonyl (C=O) groups excluding carboxylic acids is 2. The highest BCUT2D eigenvalue weighted by Gasteiger charge is 2.08. The molecule has 0 aliphatic carbocycles. The fraction of sp³-hybridized carbons (Fsp3) is 0.900. The Bertz CT molecular complexity index is 341. The van der Waals surface area contributed by atoms with E-state index in [1.54, 1.807) is 0 Å². The number of carbonyl (C=O) groups is 2. The van der Waals surface area contributed by atoms with Crippen LogP contribution in [0, 0.1) is 0 Å². The van der Waals surface area contributed by atoms with Crippen LogP contribution in [0.3, 0.4) is 0 Å². The van der Waals surface area contributed by atoms with E-state index in [2.05, 4.69) is 12.2 Å². The van der Waals surface area contributed by atoms with Crippen molar-refractivity contribution in [3.63, 3.8) is 0 Å². The molecule has 0 saturated carbocycles. The summed E-state index contributed by atoms with van der Waals surface area (Å²) in [6.07, 6.45) is 17.2. The Hall–Kier alpha value is -1.18.